The lowest BCUT2D eigenvalue weighted by Crippen LogP contribution is -2.36. The summed E-state index contributed by atoms with van der Waals surface area (Å²) in [6, 6.07) is 18.0. The lowest BCUT2D eigenvalue weighted by Gasteiger charge is -2.15. The van der Waals surface area contributed by atoms with Crippen LogP contribution in [0.25, 0.3) is 6.08 Å². The molecule has 36 heavy (non-hydrogen) atoms. The van der Waals surface area contributed by atoms with Crippen LogP contribution >= 0.6 is 35.0 Å². The number of amides is 3. The van der Waals surface area contributed by atoms with Crippen molar-refractivity contribution in [2.75, 3.05) is 11.9 Å². The zero-order valence-corrected chi connectivity index (χ0v) is 21.8. The summed E-state index contributed by atoms with van der Waals surface area (Å²) < 4.78 is 5.94. The maximum absolute atomic E-state index is 13.0. The number of nitrogens with one attached hydrogen (secondary N) is 1. The molecule has 0 bridgehead atoms. The number of carbonyl (C=O) groups is 3. The van der Waals surface area contributed by atoms with Crippen molar-refractivity contribution >= 4 is 63.8 Å². The summed E-state index contributed by atoms with van der Waals surface area (Å²) >= 11 is 13.0. The molecule has 3 amide bonds. The predicted molar refractivity (Wildman–Crippen MR) is 144 cm³/mol. The van der Waals surface area contributed by atoms with Crippen LogP contribution in [0.4, 0.5) is 10.5 Å². The van der Waals surface area contributed by atoms with Crippen LogP contribution in [0.5, 0.6) is 5.75 Å². The fourth-order valence-corrected chi connectivity index (χ4v) is 4.93. The minimum Gasteiger partial charge on any atom is -0.488 e. The van der Waals surface area contributed by atoms with Gasteiger partial charge >= 0.3 is 0 Å². The molecule has 1 N–H and O–H groups in total. The van der Waals surface area contributed by atoms with Gasteiger partial charge in [-0.25, -0.2) is 0 Å². The van der Waals surface area contributed by atoms with E-state index < -0.39 is 17.1 Å². The molecule has 3 aromatic rings. The third kappa shape index (κ3) is 5.93. The second-order valence-electron chi connectivity index (χ2n) is 8.15. The van der Waals surface area contributed by atoms with E-state index in [1.165, 1.54) is 0 Å². The molecule has 0 saturated carbocycles. The van der Waals surface area contributed by atoms with Crippen LogP contribution in [0.1, 0.15) is 22.3 Å². The molecular formula is C27H22Cl2N2O4S. The van der Waals surface area contributed by atoms with Crippen molar-refractivity contribution < 1.29 is 19.1 Å². The van der Waals surface area contributed by atoms with Gasteiger partial charge in [-0.3, -0.25) is 19.3 Å². The Labute approximate surface area is 223 Å². The molecule has 0 aromatic heterocycles. The van der Waals surface area contributed by atoms with Gasteiger partial charge in [0, 0.05) is 26.9 Å². The van der Waals surface area contributed by atoms with Gasteiger partial charge in [0.1, 0.15) is 18.9 Å². The fourth-order valence-electron chi connectivity index (χ4n) is 3.64. The molecule has 1 heterocycles. The Morgan fingerprint density at radius 1 is 1.03 bits per heavy atom. The minimum atomic E-state index is -0.530. The zero-order chi connectivity index (χ0) is 25.8. The average molecular weight is 541 g/mol. The minimum absolute atomic E-state index is 0.195. The molecule has 4 rings (SSSR count). The van der Waals surface area contributed by atoms with Gasteiger partial charge in [-0.15, -0.1) is 0 Å². The maximum Gasteiger partial charge on any atom is 0.294 e. The molecule has 1 aliphatic rings. The van der Waals surface area contributed by atoms with Gasteiger partial charge in [-0.05, 0) is 61.0 Å². The summed E-state index contributed by atoms with van der Waals surface area (Å²) in [4.78, 5) is 39.3. The molecule has 6 nitrogen and oxygen atoms in total. The number of aryl methyl sites for hydroxylation is 2. The molecule has 9 heteroatoms. The number of nitrogens with zero attached hydrogens (tertiary/aromatic N) is 1. The first-order chi connectivity index (χ1) is 17.2. The van der Waals surface area contributed by atoms with Crippen LogP contribution in [-0.2, 0) is 16.2 Å². The number of rotatable bonds is 7. The largest absolute Gasteiger partial charge is 0.488 e. The van der Waals surface area contributed by atoms with Crippen molar-refractivity contribution in [3.05, 3.63) is 97.9 Å². The van der Waals surface area contributed by atoms with E-state index in [9.17, 15) is 14.4 Å². The Kier molecular flexibility index (Phi) is 8.04. The lowest BCUT2D eigenvalue weighted by atomic mass is 10.1. The van der Waals surface area contributed by atoms with Gasteiger partial charge < -0.3 is 10.1 Å². The van der Waals surface area contributed by atoms with Gasteiger partial charge in [0.25, 0.3) is 11.1 Å². The standard InChI is InChI=1S/C27H22Cl2N2O4S/c1-16-6-5-7-17(2)25(16)30-24(32)14-31-26(33)23(36-27(31)34)12-18-8-3-4-9-22(18)35-15-19-10-11-20(28)13-21(19)29/h3-13H,14-15H2,1-2H3,(H,30,32)/b23-12+. The number of benzene rings is 3. The predicted octanol–water partition coefficient (Wildman–Crippen LogP) is 6.86. The van der Waals surface area contributed by atoms with Crippen molar-refractivity contribution in [2.24, 2.45) is 0 Å². The highest BCUT2D eigenvalue weighted by Crippen LogP contribution is 2.34. The van der Waals surface area contributed by atoms with Crippen molar-refractivity contribution in [1.82, 2.24) is 4.90 Å². The Bertz CT molecular complexity index is 1370. The van der Waals surface area contributed by atoms with Crippen LogP contribution in [-0.4, -0.2) is 28.5 Å². The van der Waals surface area contributed by atoms with E-state index >= 15 is 0 Å². The molecule has 1 saturated heterocycles. The first-order valence-electron chi connectivity index (χ1n) is 11.0. The van der Waals surface area contributed by atoms with E-state index in [4.69, 9.17) is 27.9 Å². The highest BCUT2D eigenvalue weighted by Gasteiger charge is 2.36. The van der Waals surface area contributed by atoms with E-state index in [-0.39, 0.29) is 18.1 Å². The number of hydrogen-bond donors (Lipinski definition) is 1. The summed E-state index contributed by atoms with van der Waals surface area (Å²) in [5, 5.41) is 3.32. The first-order valence-corrected chi connectivity index (χ1v) is 12.6. The molecule has 0 atom stereocenters. The van der Waals surface area contributed by atoms with Gasteiger partial charge in [-0.1, -0.05) is 65.7 Å². The molecule has 1 fully saturated rings. The van der Waals surface area contributed by atoms with E-state index in [0.717, 1.165) is 33.4 Å². The molecule has 1 aliphatic heterocycles. The third-order valence-corrected chi connectivity index (χ3v) is 7.02. The van der Waals surface area contributed by atoms with Gasteiger partial charge in [0.05, 0.1) is 4.91 Å². The quantitative estimate of drug-likeness (QED) is 0.331. The molecule has 0 radical (unpaired) electrons. The number of halogens is 2. The molecule has 0 spiro atoms. The smallest absolute Gasteiger partial charge is 0.294 e. The summed E-state index contributed by atoms with van der Waals surface area (Å²) in [7, 11) is 0. The number of para-hydroxylation sites is 2. The summed E-state index contributed by atoms with van der Waals surface area (Å²) in [6.45, 7) is 3.58. The zero-order valence-electron chi connectivity index (χ0n) is 19.5. The van der Waals surface area contributed by atoms with Crippen LogP contribution in [0.3, 0.4) is 0 Å². The van der Waals surface area contributed by atoms with Crippen molar-refractivity contribution in [2.45, 2.75) is 20.5 Å². The topological polar surface area (TPSA) is 75.7 Å². The molecule has 0 aliphatic carbocycles. The highest BCUT2D eigenvalue weighted by molar-refractivity contribution is 8.18. The van der Waals surface area contributed by atoms with Gasteiger partial charge in [-0.2, -0.15) is 0 Å². The summed E-state index contributed by atoms with van der Waals surface area (Å²) in [5.74, 6) is -0.459. The van der Waals surface area contributed by atoms with Crippen LogP contribution in [0, 0.1) is 13.8 Å². The first kappa shape index (κ1) is 25.8. The van der Waals surface area contributed by atoms with Crippen LogP contribution < -0.4 is 10.1 Å². The normalized spacial score (nSPS) is 14.4. The number of ether oxygens (including phenoxy) is 1. The van der Waals surface area contributed by atoms with Crippen LogP contribution in [0.15, 0.2) is 65.6 Å². The van der Waals surface area contributed by atoms with Crippen molar-refractivity contribution in [1.29, 1.82) is 0 Å². The fraction of sp³-hybridized carbons (Fsp3) is 0.148. The molecule has 3 aromatic carbocycles. The Morgan fingerprint density at radius 2 is 1.75 bits per heavy atom. The van der Waals surface area contributed by atoms with Gasteiger partial charge in [0.15, 0.2) is 0 Å². The second kappa shape index (κ2) is 11.2. The Hall–Kier alpha value is -3.26. The maximum atomic E-state index is 13.0. The summed E-state index contributed by atoms with van der Waals surface area (Å²) in [5.41, 5.74) is 3.85. The SMILES string of the molecule is Cc1cccc(C)c1NC(=O)CN1C(=O)S/C(=C/c2ccccc2OCc2ccc(Cl)cc2Cl)C1=O. The second-order valence-corrected chi connectivity index (χ2v) is 9.98. The Balaban J connectivity index is 1.47. The summed E-state index contributed by atoms with van der Waals surface area (Å²) in [6.07, 6.45) is 1.59. The highest BCUT2D eigenvalue weighted by atomic mass is 35.5. The van der Waals surface area contributed by atoms with Crippen LogP contribution in [0.2, 0.25) is 10.0 Å². The third-order valence-electron chi connectivity index (χ3n) is 5.52. The van der Waals surface area contributed by atoms with E-state index in [1.807, 2.05) is 32.0 Å². The van der Waals surface area contributed by atoms with E-state index in [0.29, 0.717) is 27.0 Å². The monoisotopic (exact) mass is 540 g/mol. The van der Waals surface area contributed by atoms with E-state index in [2.05, 4.69) is 5.32 Å². The number of thioether (sulfide) groups is 1. The number of anilines is 1. The molecule has 0 unspecified atom stereocenters. The van der Waals surface area contributed by atoms with Gasteiger partial charge in [0.2, 0.25) is 5.91 Å². The van der Waals surface area contributed by atoms with E-state index in [1.54, 1.807) is 48.5 Å². The lowest BCUT2D eigenvalue weighted by molar-refractivity contribution is -0.127. The number of imide groups is 1. The van der Waals surface area contributed by atoms with Crippen molar-refractivity contribution in [3.63, 3.8) is 0 Å². The number of hydrogen-bond acceptors (Lipinski definition) is 5. The number of carbonyl (C=O) groups excluding carboxylic acids is 3. The molecular weight excluding hydrogens is 519 g/mol. The molecule has 184 valence electrons. The van der Waals surface area contributed by atoms with Crippen molar-refractivity contribution in [3.8, 4) is 5.75 Å². The Morgan fingerprint density at radius 3 is 2.47 bits per heavy atom. The average Bonchev–Trinajstić information content (AvgIpc) is 3.09.